The lowest BCUT2D eigenvalue weighted by atomic mass is 10.1. The minimum atomic E-state index is -1.27. The molecule has 0 saturated heterocycles. The molecule has 2 atom stereocenters. The van der Waals surface area contributed by atoms with Crippen LogP contribution in [0.2, 0.25) is 0 Å². The minimum absolute atomic E-state index is 0.00970. The number of aliphatic hydroxyl groups is 1. The number of carboxylic acid groups (broad SMARTS) is 2. The molecule has 0 bridgehead atoms. The summed E-state index contributed by atoms with van der Waals surface area (Å²) in [5.41, 5.74) is 0.427. The van der Waals surface area contributed by atoms with Crippen molar-refractivity contribution in [3.8, 4) is 5.75 Å². The lowest BCUT2D eigenvalue weighted by molar-refractivity contribution is -0.149. The van der Waals surface area contributed by atoms with Crippen LogP contribution in [0.25, 0.3) is 0 Å². The molecule has 0 heterocycles. The molecule has 0 aromatic heterocycles. The number of aliphatic hydroxyl groups excluding tert-OH is 1. The van der Waals surface area contributed by atoms with Crippen LogP contribution >= 0.6 is 0 Å². The maximum Gasteiger partial charge on any atom is 0.321 e. The quantitative estimate of drug-likeness (QED) is 0.567. The van der Waals surface area contributed by atoms with E-state index in [0.29, 0.717) is 5.56 Å². The van der Waals surface area contributed by atoms with Crippen molar-refractivity contribution in [2.24, 2.45) is 0 Å². The Bertz CT molecular complexity index is 490. The smallest absolute Gasteiger partial charge is 0.321 e. The van der Waals surface area contributed by atoms with Crippen molar-refractivity contribution in [1.29, 1.82) is 0 Å². The molecule has 0 spiro atoms. The van der Waals surface area contributed by atoms with E-state index in [1.165, 1.54) is 24.1 Å². The van der Waals surface area contributed by atoms with Crippen molar-refractivity contribution in [1.82, 2.24) is 4.90 Å². The van der Waals surface area contributed by atoms with Crippen LogP contribution in [0.3, 0.4) is 0 Å². The summed E-state index contributed by atoms with van der Waals surface area (Å²) in [4.78, 5) is 22.9. The third-order valence-electron chi connectivity index (χ3n) is 2.90. The number of rotatable bonds is 7. The van der Waals surface area contributed by atoms with Crippen molar-refractivity contribution >= 4 is 11.9 Å². The second-order valence-corrected chi connectivity index (χ2v) is 4.50. The highest BCUT2D eigenvalue weighted by atomic mass is 16.4. The summed E-state index contributed by atoms with van der Waals surface area (Å²) in [6.07, 6.45) is -1.58. The number of hydrogen-bond acceptors (Lipinski definition) is 5. The van der Waals surface area contributed by atoms with Crippen LogP contribution < -0.4 is 0 Å². The molecule has 7 nitrogen and oxygen atoms in total. The van der Waals surface area contributed by atoms with E-state index in [0.717, 1.165) is 0 Å². The van der Waals surface area contributed by atoms with E-state index in [1.807, 2.05) is 0 Å². The molecule has 1 aromatic carbocycles. The Hall–Kier alpha value is -2.12. The zero-order valence-electron chi connectivity index (χ0n) is 10.9. The van der Waals surface area contributed by atoms with Crippen molar-refractivity contribution in [3.63, 3.8) is 0 Å². The van der Waals surface area contributed by atoms with Gasteiger partial charge in [-0.3, -0.25) is 14.5 Å². The van der Waals surface area contributed by atoms with Crippen molar-refractivity contribution < 1.29 is 30.0 Å². The molecule has 20 heavy (non-hydrogen) atoms. The van der Waals surface area contributed by atoms with E-state index in [2.05, 4.69) is 0 Å². The molecule has 0 aliphatic carbocycles. The summed E-state index contributed by atoms with van der Waals surface area (Å²) in [6.45, 7) is -0.0618. The fourth-order valence-electron chi connectivity index (χ4n) is 1.83. The lowest BCUT2D eigenvalue weighted by Crippen LogP contribution is -2.42. The highest BCUT2D eigenvalue weighted by Gasteiger charge is 2.27. The number of nitrogens with zero attached hydrogens (tertiary/aromatic N) is 1. The molecule has 0 radical (unpaired) electrons. The lowest BCUT2D eigenvalue weighted by Gasteiger charge is -2.25. The van der Waals surface area contributed by atoms with Gasteiger partial charge in [-0.15, -0.1) is 0 Å². The number of carbonyl (C=O) groups is 2. The van der Waals surface area contributed by atoms with Gasteiger partial charge in [-0.05, 0) is 24.7 Å². The fourth-order valence-corrected chi connectivity index (χ4v) is 1.83. The predicted molar refractivity (Wildman–Crippen MR) is 69.4 cm³/mol. The second kappa shape index (κ2) is 6.88. The molecule has 0 aliphatic heterocycles. The first-order valence-corrected chi connectivity index (χ1v) is 5.93. The van der Waals surface area contributed by atoms with Gasteiger partial charge in [-0.25, -0.2) is 0 Å². The molecule has 1 aromatic rings. The molecular formula is C13H17NO6. The summed E-state index contributed by atoms with van der Waals surface area (Å²) in [5.74, 6) is -2.50. The van der Waals surface area contributed by atoms with E-state index in [-0.39, 0.29) is 12.3 Å². The van der Waals surface area contributed by atoms with Gasteiger partial charge in [0.15, 0.2) is 0 Å². The van der Waals surface area contributed by atoms with Crippen molar-refractivity contribution in [3.05, 3.63) is 29.8 Å². The second-order valence-electron chi connectivity index (χ2n) is 4.50. The Labute approximate surface area is 115 Å². The highest BCUT2D eigenvalue weighted by Crippen LogP contribution is 2.19. The van der Waals surface area contributed by atoms with Gasteiger partial charge >= 0.3 is 11.9 Å². The first kappa shape index (κ1) is 15.9. The molecule has 1 rings (SSSR count). The molecular weight excluding hydrogens is 266 g/mol. The maximum absolute atomic E-state index is 11.0. The minimum Gasteiger partial charge on any atom is -0.508 e. The Morgan fingerprint density at radius 3 is 2.45 bits per heavy atom. The standard InChI is InChI=1S/C13H17NO6/c1-14(10(13(19)20)6-12(17)18)7-11(16)8-3-2-4-9(15)5-8/h2-5,10-11,15-16H,6-7H2,1H3,(H,17,18)(H,19,20)/t10-,11+/m1/s1. The maximum atomic E-state index is 11.0. The number of hydrogen-bond donors (Lipinski definition) is 4. The van der Waals surface area contributed by atoms with Crippen molar-refractivity contribution in [2.75, 3.05) is 13.6 Å². The third kappa shape index (κ3) is 4.52. The van der Waals surface area contributed by atoms with Crippen LogP contribution in [-0.2, 0) is 9.59 Å². The van der Waals surface area contributed by atoms with E-state index in [9.17, 15) is 19.8 Å². The normalized spacial score (nSPS) is 13.9. The molecule has 0 amide bonds. The van der Waals surface area contributed by atoms with E-state index >= 15 is 0 Å². The number of likely N-dealkylation sites (N-methyl/N-ethyl adjacent to an activating group) is 1. The number of carboxylic acids is 2. The summed E-state index contributed by atoms with van der Waals surface area (Å²) >= 11 is 0. The van der Waals surface area contributed by atoms with Crippen LogP contribution in [0.15, 0.2) is 24.3 Å². The van der Waals surface area contributed by atoms with Crippen LogP contribution in [0.4, 0.5) is 0 Å². The fraction of sp³-hybridized carbons (Fsp3) is 0.385. The SMILES string of the molecule is CN(C[C@H](O)c1cccc(O)c1)[C@H](CC(=O)O)C(=O)O. The van der Waals surface area contributed by atoms with Gasteiger partial charge in [-0.1, -0.05) is 12.1 Å². The van der Waals surface area contributed by atoms with E-state index in [1.54, 1.807) is 12.1 Å². The Balaban J connectivity index is 2.74. The van der Waals surface area contributed by atoms with Gasteiger partial charge in [0, 0.05) is 6.54 Å². The number of aliphatic carboxylic acids is 2. The molecule has 7 heteroatoms. The van der Waals surface area contributed by atoms with Gasteiger partial charge in [0.2, 0.25) is 0 Å². The molecule has 0 aliphatic rings. The average molecular weight is 283 g/mol. The third-order valence-corrected chi connectivity index (χ3v) is 2.90. The predicted octanol–water partition coefficient (Wildman–Crippen LogP) is 0.285. The number of benzene rings is 1. The zero-order valence-corrected chi connectivity index (χ0v) is 10.9. The van der Waals surface area contributed by atoms with Crippen LogP contribution in [-0.4, -0.2) is 56.9 Å². The molecule has 4 N–H and O–H groups in total. The number of aromatic hydroxyl groups is 1. The Morgan fingerprint density at radius 2 is 1.95 bits per heavy atom. The van der Waals surface area contributed by atoms with Gasteiger partial charge in [0.1, 0.15) is 11.8 Å². The zero-order chi connectivity index (χ0) is 15.3. The number of phenolic OH excluding ortho intramolecular Hbond substituents is 1. The summed E-state index contributed by atoms with van der Waals surface area (Å²) in [5, 5.41) is 37.0. The van der Waals surface area contributed by atoms with Gasteiger partial charge < -0.3 is 20.4 Å². The van der Waals surface area contributed by atoms with E-state index < -0.39 is 30.5 Å². The summed E-state index contributed by atoms with van der Waals surface area (Å²) in [6, 6.07) is 4.74. The van der Waals surface area contributed by atoms with Crippen molar-refractivity contribution in [2.45, 2.75) is 18.6 Å². The van der Waals surface area contributed by atoms with Gasteiger partial charge in [-0.2, -0.15) is 0 Å². The average Bonchev–Trinajstić information content (AvgIpc) is 2.35. The Kier molecular flexibility index (Phi) is 5.48. The molecule has 0 saturated carbocycles. The topological polar surface area (TPSA) is 118 Å². The largest absolute Gasteiger partial charge is 0.508 e. The van der Waals surface area contributed by atoms with Gasteiger partial charge in [0.25, 0.3) is 0 Å². The summed E-state index contributed by atoms with van der Waals surface area (Å²) in [7, 11) is 1.42. The Morgan fingerprint density at radius 1 is 1.30 bits per heavy atom. The number of phenols is 1. The highest BCUT2D eigenvalue weighted by molar-refractivity contribution is 5.80. The molecule has 110 valence electrons. The first-order valence-electron chi connectivity index (χ1n) is 5.93. The van der Waals surface area contributed by atoms with Crippen LogP contribution in [0, 0.1) is 0 Å². The van der Waals surface area contributed by atoms with E-state index in [4.69, 9.17) is 10.2 Å². The summed E-state index contributed by atoms with van der Waals surface area (Å²) < 4.78 is 0. The van der Waals surface area contributed by atoms with Crippen LogP contribution in [0.5, 0.6) is 5.75 Å². The molecule has 0 unspecified atom stereocenters. The monoisotopic (exact) mass is 283 g/mol. The van der Waals surface area contributed by atoms with Crippen LogP contribution in [0.1, 0.15) is 18.1 Å². The molecule has 0 fully saturated rings. The van der Waals surface area contributed by atoms with Gasteiger partial charge in [0.05, 0.1) is 12.5 Å². The first-order chi connectivity index (χ1) is 9.31.